The fourth-order valence-corrected chi connectivity index (χ4v) is 6.27. The van der Waals surface area contributed by atoms with Crippen LogP contribution in [0, 0.1) is 6.92 Å². The minimum atomic E-state index is -4.17. The average molecular weight is 665 g/mol. The second-order valence-electron chi connectivity index (χ2n) is 9.96. The van der Waals surface area contributed by atoms with Crippen LogP contribution < -0.4 is 14.4 Å². The molecule has 0 aromatic heterocycles. The Bertz CT molecular complexity index is 1650. The monoisotopic (exact) mass is 663 g/mol. The van der Waals surface area contributed by atoms with Crippen LogP contribution >= 0.6 is 15.9 Å². The van der Waals surface area contributed by atoms with Crippen LogP contribution in [0.25, 0.3) is 0 Å². The Morgan fingerprint density at radius 2 is 1.53 bits per heavy atom. The van der Waals surface area contributed by atoms with E-state index in [-0.39, 0.29) is 23.0 Å². The number of nitrogens with one attached hydrogen (secondary N) is 1. The molecule has 4 aromatic rings. The highest BCUT2D eigenvalue weighted by Crippen LogP contribution is 2.29. The van der Waals surface area contributed by atoms with Crippen LogP contribution in [0.2, 0.25) is 0 Å². The number of hydrogen-bond donors (Lipinski definition) is 1. The number of aryl methyl sites for hydroxylation is 1. The third-order valence-corrected chi connectivity index (χ3v) is 9.03. The van der Waals surface area contributed by atoms with Crippen molar-refractivity contribution in [2.45, 2.75) is 38.3 Å². The molecule has 4 aromatic carbocycles. The normalized spacial score (nSPS) is 11.8. The van der Waals surface area contributed by atoms with E-state index in [4.69, 9.17) is 4.74 Å². The summed E-state index contributed by atoms with van der Waals surface area (Å²) in [6.07, 6.45) is 0. The summed E-state index contributed by atoms with van der Waals surface area (Å²) in [6, 6.07) is 28.7. The summed E-state index contributed by atoms with van der Waals surface area (Å²) in [5, 5.41) is 2.76. The number of hydrogen-bond acceptors (Lipinski definition) is 5. The van der Waals surface area contributed by atoms with Gasteiger partial charge < -0.3 is 15.0 Å². The van der Waals surface area contributed by atoms with E-state index in [1.807, 2.05) is 61.5 Å². The summed E-state index contributed by atoms with van der Waals surface area (Å²) < 4.78 is 35.8. The fraction of sp³-hybridized carbons (Fsp3) is 0.212. The predicted molar refractivity (Wildman–Crippen MR) is 172 cm³/mol. The van der Waals surface area contributed by atoms with Crippen LogP contribution in [0.3, 0.4) is 0 Å². The lowest BCUT2D eigenvalue weighted by Gasteiger charge is -2.32. The van der Waals surface area contributed by atoms with Gasteiger partial charge in [-0.15, -0.1) is 0 Å². The Balaban J connectivity index is 1.70. The number of para-hydroxylation sites is 1. The van der Waals surface area contributed by atoms with Crippen molar-refractivity contribution in [1.29, 1.82) is 0 Å². The molecule has 0 bridgehead atoms. The van der Waals surface area contributed by atoms with Gasteiger partial charge >= 0.3 is 0 Å². The molecule has 0 aliphatic carbocycles. The van der Waals surface area contributed by atoms with E-state index in [1.165, 1.54) is 17.0 Å². The molecule has 0 unspecified atom stereocenters. The molecule has 2 amide bonds. The smallest absolute Gasteiger partial charge is 0.264 e. The number of sulfonamides is 1. The van der Waals surface area contributed by atoms with Gasteiger partial charge in [0.25, 0.3) is 10.0 Å². The van der Waals surface area contributed by atoms with Crippen molar-refractivity contribution in [1.82, 2.24) is 10.2 Å². The van der Waals surface area contributed by atoms with Crippen molar-refractivity contribution in [2.24, 2.45) is 0 Å². The lowest BCUT2D eigenvalue weighted by Crippen LogP contribution is -2.51. The molecule has 1 N–H and O–H groups in total. The first-order valence-electron chi connectivity index (χ1n) is 13.8. The van der Waals surface area contributed by atoms with Crippen molar-refractivity contribution in [3.63, 3.8) is 0 Å². The van der Waals surface area contributed by atoms with E-state index < -0.39 is 28.5 Å². The number of carbonyl (C=O) groups excluding carboxylic acids is 2. The zero-order chi connectivity index (χ0) is 31.0. The maximum absolute atomic E-state index is 14.0. The van der Waals surface area contributed by atoms with Gasteiger partial charge in [0.2, 0.25) is 11.8 Å². The van der Waals surface area contributed by atoms with E-state index in [2.05, 4.69) is 21.2 Å². The highest BCUT2D eigenvalue weighted by atomic mass is 79.9. The largest absolute Gasteiger partial charge is 0.457 e. The number of amides is 2. The number of halogens is 1. The third kappa shape index (κ3) is 8.24. The topological polar surface area (TPSA) is 96.0 Å². The van der Waals surface area contributed by atoms with Gasteiger partial charge in [-0.2, -0.15) is 0 Å². The lowest BCUT2D eigenvalue weighted by molar-refractivity contribution is -0.139. The quantitative estimate of drug-likeness (QED) is 0.192. The van der Waals surface area contributed by atoms with Gasteiger partial charge in [0.15, 0.2) is 0 Å². The average Bonchev–Trinajstić information content (AvgIpc) is 2.99. The molecule has 0 saturated carbocycles. The molecule has 43 heavy (non-hydrogen) atoms. The van der Waals surface area contributed by atoms with Crippen molar-refractivity contribution in [3.8, 4) is 11.5 Å². The van der Waals surface area contributed by atoms with Crippen LogP contribution in [-0.2, 0) is 26.2 Å². The number of rotatable bonds is 12. The van der Waals surface area contributed by atoms with Crippen LogP contribution in [0.1, 0.15) is 25.0 Å². The Hall–Kier alpha value is -4.15. The predicted octanol–water partition coefficient (Wildman–Crippen LogP) is 6.30. The first-order chi connectivity index (χ1) is 20.6. The van der Waals surface area contributed by atoms with Crippen LogP contribution in [0.4, 0.5) is 5.69 Å². The number of nitrogens with zero attached hydrogens (tertiary/aromatic N) is 2. The molecule has 0 radical (unpaired) electrons. The zero-order valence-electron chi connectivity index (χ0n) is 24.2. The van der Waals surface area contributed by atoms with Crippen molar-refractivity contribution in [2.75, 3.05) is 17.4 Å². The summed E-state index contributed by atoms with van der Waals surface area (Å²) in [5.74, 6) is 0.285. The molecule has 0 aliphatic rings. The molecule has 8 nitrogen and oxygen atoms in total. The molecule has 0 aliphatic heterocycles. The van der Waals surface area contributed by atoms with Crippen LogP contribution in [0.5, 0.6) is 11.5 Å². The van der Waals surface area contributed by atoms with Gasteiger partial charge in [-0.05, 0) is 87.0 Å². The first-order valence-corrected chi connectivity index (χ1v) is 16.1. The highest BCUT2D eigenvalue weighted by Gasteiger charge is 2.32. The zero-order valence-corrected chi connectivity index (χ0v) is 26.6. The fourth-order valence-electron chi connectivity index (χ4n) is 4.41. The molecule has 224 valence electrons. The second-order valence-corrected chi connectivity index (χ2v) is 12.7. The van der Waals surface area contributed by atoms with Gasteiger partial charge in [0.1, 0.15) is 24.1 Å². The van der Waals surface area contributed by atoms with E-state index in [9.17, 15) is 18.0 Å². The van der Waals surface area contributed by atoms with Gasteiger partial charge in [-0.25, -0.2) is 8.42 Å². The van der Waals surface area contributed by atoms with Crippen LogP contribution in [0.15, 0.2) is 112 Å². The summed E-state index contributed by atoms with van der Waals surface area (Å²) in [4.78, 5) is 28.3. The van der Waals surface area contributed by atoms with Crippen LogP contribution in [-0.4, -0.2) is 44.3 Å². The molecule has 0 saturated heterocycles. The molecule has 0 fully saturated rings. The summed E-state index contributed by atoms with van der Waals surface area (Å²) in [6.45, 7) is 5.28. The number of ether oxygens (including phenoxy) is 1. The van der Waals surface area contributed by atoms with E-state index >= 15 is 0 Å². The van der Waals surface area contributed by atoms with Gasteiger partial charge in [-0.1, -0.05) is 64.0 Å². The molecule has 4 rings (SSSR count). The van der Waals surface area contributed by atoms with Gasteiger partial charge in [0, 0.05) is 17.6 Å². The maximum atomic E-state index is 14.0. The van der Waals surface area contributed by atoms with E-state index in [0.717, 1.165) is 19.9 Å². The number of carbonyl (C=O) groups is 2. The third-order valence-electron chi connectivity index (χ3n) is 6.75. The molecular formula is C33H34BrN3O5S. The maximum Gasteiger partial charge on any atom is 0.264 e. The highest BCUT2D eigenvalue weighted by molar-refractivity contribution is 9.10. The minimum Gasteiger partial charge on any atom is -0.457 e. The van der Waals surface area contributed by atoms with Crippen molar-refractivity contribution < 1.29 is 22.7 Å². The van der Waals surface area contributed by atoms with E-state index in [1.54, 1.807) is 50.2 Å². The molecule has 10 heteroatoms. The minimum absolute atomic E-state index is 0.0471. The molecule has 0 spiro atoms. The number of likely N-dealkylation sites (N-methyl/N-ethyl adjacent to an activating group) is 1. The number of benzene rings is 4. The summed E-state index contributed by atoms with van der Waals surface area (Å²) in [5.41, 5.74) is 1.97. The SMILES string of the molecule is CCNC(=O)[C@@H](C)N(Cc1cccc(Br)c1)C(=O)CN(c1ccc(Oc2ccccc2)cc1)S(=O)(=O)c1ccc(C)cc1. The molecular weight excluding hydrogens is 630 g/mol. The van der Waals surface area contributed by atoms with Crippen molar-refractivity contribution >= 4 is 43.5 Å². The Labute approximate surface area is 261 Å². The lowest BCUT2D eigenvalue weighted by atomic mass is 10.1. The van der Waals surface area contributed by atoms with Gasteiger partial charge in [-0.3, -0.25) is 13.9 Å². The Morgan fingerprint density at radius 1 is 0.884 bits per heavy atom. The van der Waals surface area contributed by atoms with Crippen molar-refractivity contribution in [3.05, 3.63) is 119 Å². The molecule has 1 atom stereocenters. The molecule has 0 heterocycles. The Kier molecular flexibility index (Phi) is 10.6. The second kappa shape index (κ2) is 14.3. The van der Waals surface area contributed by atoms with Gasteiger partial charge in [0.05, 0.1) is 10.6 Å². The first kappa shape index (κ1) is 31.8. The number of anilines is 1. The standard InChI is InChI=1S/C33H34BrN3O5S/c1-4-35-33(39)25(3)36(22-26-9-8-10-27(34)21-26)32(38)23-37(43(40,41)31-19-13-24(2)14-20-31)28-15-17-30(18-16-28)42-29-11-6-5-7-12-29/h5-21,25H,4,22-23H2,1-3H3,(H,35,39)/t25-/m1/s1. The summed E-state index contributed by atoms with van der Waals surface area (Å²) in [7, 11) is -4.17. The Morgan fingerprint density at radius 3 is 2.16 bits per heavy atom. The summed E-state index contributed by atoms with van der Waals surface area (Å²) >= 11 is 3.45. The van der Waals surface area contributed by atoms with E-state index in [0.29, 0.717) is 18.0 Å².